The summed E-state index contributed by atoms with van der Waals surface area (Å²) in [5.41, 5.74) is 1.49. The van der Waals surface area contributed by atoms with E-state index < -0.39 is 0 Å². The van der Waals surface area contributed by atoms with Crippen molar-refractivity contribution in [3.63, 3.8) is 0 Å². The number of nitrogens with one attached hydrogen (secondary N) is 1. The average molecular weight is 207 g/mol. The van der Waals surface area contributed by atoms with Crippen LogP contribution in [0.15, 0.2) is 6.20 Å². The highest BCUT2D eigenvalue weighted by atomic mass is 19.1. The molecule has 0 bridgehead atoms. The van der Waals surface area contributed by atoms with Gasteiger partial charge in [0.05, 0.1) is 11.9 Å². The summed E-state index contributed by atoms with van der Waals surface area (Å²) in [4.78, 5) is 4.12. The van der Waals surface area contributed by atoms with Crippen molar-refractivity contribution in [3.05, 3.63) is 23.3 Å². The van der Waals surface area contributed by atoms with Gasteiger partial charge in [0.2, 0.25) is 0 Å². The van der Waals surface area contributed by atoms with E-state index in [-0.39, 0.29) is 11.2 Å². The van der Waals surface area contributed by atoms with Crippen LogP contribution in [0.4, 0.5) is 4.39 Å². The van der Waals surface area contributed by atoms with E-state index in [1.807, 2.05) is 20.8 Å². The third kappa shape index (κ3) is 1.50. The number of fused-ring (bicyclic) bond motifs is 1. The van der Waals surface area contributed by atoms with E-state index in [9.17, 15) is 4.39 Å². The Bertz CT molecular complexity index is 508. The van der Waals surface area contributed by atoms with Gasteiger partial charge in [0, 0.05) is 10.9 Å². The number of halogens is 1. The van der Waals surface area contributed by atoms with Gasteiger partial charge in [0.25, 0.3) is 0 Å². The Morgan fingerprint density at radius 1 is 1.33 bits per heavy atom. The largest absolute Gasteiger partial charge is 0.261 e. The molecular weight excluding hydrogens is 193 g/mol. The van der Waals surface area contributed by atoms with Crippen molar-refractivity contribution in [2.24, 2.45) is 0 Å². The Labute approximate surface area is 87.7 Å². The van der Waals surface area contributed by atoms with Gasteiger partial charge in [-0.05, 0) is 12.3 Å². The summed E-state index contributed by atoms with van der Waals surface area (Å²) in [5, 5.41) is 7.44. The molecule has 2 aromatic heterocycles. The van der Waals surface area contributed by atoms with Crippen molar-refractivity contribution in [3.8, 4) is 0 Å². The fourth-order valence-corrected chi connectivity index (χ4v) is 1.80. The molecule has 1 N–H and O–H groups in total. The van der Waals surface area contributed by atoms with Gasteiger partial charge in [-0.15, -0.1) is 0 Å². The van der Waals surface area contributed by atoms with Crippen LogP contribution in [0.5, 0.6) is 0 Å². The number of hydrogen-bond acceptors (Lipinski definition) is 2. The van der Waals surface area contributed by atoms with Crippen LogP contribution < -0.4 is 0 Å². The molecule has 2 rings (SSSR count). The molecule has 0 aromatic carbocycles. The highest BCUT2D eigenvalue weighted by Crippen LogP contribution is 2.31. The number of aromatic amines is 1. The zero-order valence-electron chi connectivity index (χ0n) is 9.35. The maximum atomic E-state index is 14.0. The predicted molar refractivity (Wildman–Crippen MR) is 57.3 cm³/mol. The number of hydrogen-bond donors (Lipinski definition) is 1. The second-order valence-corrected chi connectivity index (χ2v) is 4.77. The Kier molecular flexibility index (Phi) is 2.03. The molecule has 0 spiro atoms. The second-order valence-electron chi connectivity index (χ2n) is 4.77. The summed E-state index contributed by atoms with van der Waals surface area (Å²) >= 11 is 0. The van der Waals surface area contributed by atoms with Crippen LogP contribution in [0, 0.1) is 12.7 Å². The Balaban J connectivity index is 2.90. The van der Waals surface area contributed by atoms with E-state index in [4.69, 9.17) is 0 Å². The topological polar surface area (TPSA) is 41.6 Å². The summed E-state index contributed by atoms with van der Waals surface area (Å²) in [6.07, 6.45) is 1.63. The lowest BCUT2D eigenvalue weighted by molar-refractivity contribution is 0.520. The summed E-state index contributed by atoms with van der Waals surface area (Å²) in [6.45, 7) is 7.62. The normalized spacial score (nSPS) is 12.3. The van der Waals surface area contributed by atoms with E-state index in [0.717, 1.165) is 5.39 Å². The van der Waals surface area contributed by atoms with Crippen LogP contribution in [0.3, 0.4) is 0 Å². The van der Waals surface area contributed by atoms with E-state index in [1.54, 1.807) is 13.1 Å². The molecule has 15 heavy (non-hydrogen) atoms. The molecule has 0 atom stereocenters. The lowest BCUT2D eigenvalue weighted by atomic mass is 9.85. The molecule has 0 aliphatic carbocycles. The van der Waals surface area contributed by atoms with Crippen LogP contribution in [-0.4, -0.2) is 15.2 Å². The first-order valence-corrected chi connectivity index (χ1v) is 4.91. The van der Waals surface area contributed by atoms with Crippen LogP contribution in [-0.2, 0) is 5.41 Å². The molecule has 3 nitrogen and oxygen atoms in total. The SMILES string of the molecule is Cc1nc2[nH]ncc2c(C(C)(C)C)c1F. The standard InChI is InChI=1S/C11H14FN3/c1-6-9(12)8(11(2,3)4)7-5-13-15-10(7)14-6/h5H,1-4H3,(H,13,14,15). The molecule has 0 unspecified atom stereocenters. The van der Waals surface area contributed by atoms with Gasteiger partial charge >= 0.3 is 0 Å². The molecule has 2 aromatic rings. The molecule has 80 valence electrons. The summed E-state index contributed by atoms with van der Waals surface area (Å²) < 4.78 is 14.0. The highest BCUT2D eigenvalue weighted by molar-refractivity contribution is 5.79. The van der Waals surface area contributed by atoms with Crippen LogP contribution in [0.2, 0.25) is 0 Å². The van der Waals surface area contributed by atoms with E-state index in [1.165, 1.54) is 0 Å². The van der Waals surface area contributed by atoms with Crippen molar-refractivity contribution in [1.82, 2.24) is 15.2 Å². The summed E-state index contributed by atoms with van der Waals surface area (Å²) in [5.74, 6) is -0.226. The fourth-order valence-electron chi connectivity index (χ4n) is 1.80. The van der Waals surface area contributed by atoms with Crippen molar-refractivity contribution in [2.45, 2.75) is 33.1 Å². The lowest BCUT2D eigenvalue weighted by Gasteiger charge is -2.21. The third-order valence-electron chi connectivity index (χ3n) is 2.46. The highest BCUT2D eigenvalue weighted by Gasteiger charge is 2.24. The first-order valence-electron chi connectivity index (χ1n) is 4.91. The Morgan fingerprint density at radius 3 is 2.60 bits per heavy atom. The van der Waals surface area contributed by atoms with Crippen molar-refractivity contribution < 1.29 is 4.39 Å². The van der Waals surface area contributed by atoms with Gasteiger partial charge in [-0.1, -0.05) is 20.8 Å². The number of aromatic nitrogens is 3. The number of H-pyrrole nitrogens is 1. The number of rotatable bonds is 0. The minimum absolute atomic E-state index is 0.226. The molecule has 0 amide bonds. The van der Waals surface area contributed by atoms with Gasteiger partial charge < -0.3 is 0 Å². The van der Waals surface area contributed by atoms with Gasteiger partial charge in [0.15, 0.2) is 5.65 Å². The molecule has 4 heteroatoms. The number of nitrogens with zero attached hydrogens (tertiary/aromatic N) is 2. The van der Waals surface area contributed by atoms with E-state index in [2.05, 4.69) is 15.2 Å². The van der Waals surface area contributed by atoms with Crippen LogP contribution in [0.25, 0.3) is 11.0 Å². The van der Waals surface area contributed by atoms with Crippen molar-refractivity contribution in [2.75, 3.05) is 0 Å². The molecule has 0 radical (unpaired) electrons. The summed E-state index contributed by atoms with van der Waals surface area (Å²) in [6, 6.07) is 0. The molecule has 0 saturated heterocycles. The number of aryl methyl sites for hydroxylation is 1. The van der Waals surface area contributed by atoms with Gasteiger partial charge in [0.1, 0.15) is 5.82 Å². The van der Waals surface area contributed by atoms with Gasteiger partial charge in [-0.3, -0.25) is 5.10 Å². The molecular formula is C11H14FN3. The number of pyridine rings is 1. The lowest BCUT2D eigenvalue weighted by Crippen LogP contribution is -2.15. The zero-order valence-corrected chi connectivity index (χ0v) is 9.35. The average Bonchev–Trinajstić information content (AvgIpc) is 2.50. The van der Waals surface area contributed by atoms with Gasteiger partial charge in [-0.2, -0.15) is 5.10 Å². The zero-order chi connectivity index (χ0) is 11.2. The van der Waals surface area contributed by atoms with Crippen LogP contribution in [0.1, 0.15) is 32.0 Å². The minimum Gasteiger partial charge on any atom is -0.261 e. The van der Waals surface area contributed by atoms with Crippen LogP contribution >= 0.6 is 0 Å². The summed E-state index contributed by atoms with van der Waals surface area (Å²) in [7, 11) is 0. The van der Waals surface area contributed by atoms with Gasteiger partial charge in [-0.25, -0.2) is 9.37 Å². The van der Waals surface area contributed by atoms with E-state index in [0.29, 0.717) is 16.9 Å². The monoisotopic (exact) mass is 207 g/mol. The fraction of sp³-hybridized carbons (Fsp3) is 0.455. The minimum atomic E-state index is -0.250. The molecule has 2 heterocycles. The second kappa shape index (κ2) is 3.02. The molecule has 0 aliphatic rings. The third-order valence-corrected chi connectivity index (χ3v) is 2.46. The molecule has 0 fully saturated rings. The first-order chi connectivity index (χ1) is 6.91. The Hall–Kier alpha value is -1.45. The quantitative estimate of drug-likeness (QED) is 0.721. The molecule has 0 aliphatic heterocycles. The Morgan fingerprint density at radius 2 is 2.00 bits per heavy atom. The smallest absolute Gasteiger partial charge is 0.155 e. The van der Waals surface area contributed by atoms with Crippen molar-refractivity contribution >= 4 is 11.0 Å². The van der Waals surface area contributed by atoms with Crippen molar-refractivity contribution in [1.29, 1.82) is 0 Å². The molecule has 0 saturated carbocycles. The predicted octanol–water partition coefficient (Wildman–Crippen LogP) is 2.70. The van der Waals surface area contributed by atoms with E-state index >= 15 is 0 Å². The maximum absolute atomic E-state index is 14.0. The first kappa shape index (κ1) is 10.1. The maximum Gasteiger partial charge on any atom is 0.155 e.